The quantitative estimate of drug-likeness (QED) is 0.163. The van der Waals surface area contributed by atoms with Gasteiger partial charge in [0.15, 0.2) is 0 Å². The average molecular weight is 1080 g/mol. The molecule has 0 aliphatic carbocycles. The molecule has 0 saturated carbocycles. The smallest absolute Gasteiger partial charge is 0.208 e. The SMILES string of the molecule is O=S1(=O)c2ccccc2Sc2cc(N3c4ccccc4C(c4ccccc4)(c4ccccc4)c4cc5c(cc43)C(c3ccccc3)(c3ccccc3)c3ccccc3N5c3ccc4c(c3)Sc3ccccc3S4(=O)=O)ccc21. The van der Waals surface area contributed by atoms with E-state index in [2.05, 4.69) is 192 Å². The lowest BCUT2D eigenvalue weighted by Gasteiger charge is -2.50. The first kappa shape index (κ1) is 46.9. The fourth-order valence-electron chi connectivity index (χ4n) is 12.8. The van der Waals surface area contributed by atoms with Crippen LogP contribution < -0.4 is 9.80 Å². The molecule has 0 bridgehead atoms. The van der Waals surface area contributed by atoms with E-state index in [9.17, 15) is 16.8 Å². The van der Waals surface area contributed by atoms with Gasteiger partial charge in [-0.15, -0.1) is 0 Å². The maximum absolute atomic E-state index is 14.4. The summed E-state index contributed by atoms with van der Waals surface area (Å²) in [5.41, 5.74) is 11.9. The number of hydrogen-bond acceptors (Lipinski definition) is 8. The number of nitrogens with zero attached hydrogens (tertiary/aromatic N) is 2. The van der Waals surface area contributed by atoms with Crippen LogP contribution >= 0.6 is 23.5 Å². The van der Waals surface area contributed by atoms with Crippen LogP contribution in [0.15, 0.2) is 306 Å². The van der Waals surface area contributed by atoms with Gasteiger partial charge in [0, 0.05) is 31.0 Å². The molecule has 10 heteroatoms. The van der Waals surface area contributed by atoms with E-state index in [0.29, 0.717) is 29.4 Å². The average Bonchev–Trinajstić information content (AvgIpc) is 3.49. The van der Waals surface area contributed by atoms with Gasteiger partial charge in [0.2, 0.25) is 19.7 Å². The van der Waals surface area contributed by atoms with E-state index in [1.54, 1.807) is 36.4 Å². The van der Waals surface area contributed by atoms with Crippen molar-refractivity contribution in [2.24, 2.45) is 0 Å². The predicted octanol–water partition coefficient (Wildman–Crippen LogP) is 16.6. The summed E-state index contributed by atoms with van der Waals surface area (Å²) in [6.07, 6.45) is 0. The summed E-state index contributed by atoms with van der Waals surface area (Å²) >= 11 is 2.96. The van der Waals surface area contributed by atoms with E-state index in [1.807, 2.05) is 48.5 Å². The number of sulfone groups is 2. The molecule has 4 aliphatic rings. The van der Waals surface area contributed by atoms with E-state index in [1.165, 1.54) is 23.5 Å². The van der Waals surface area contributed by atoms with Crippen molar-refractivity contribution in [1.29, 1.82) is 0 Å². The van der Waals surface area contributed by atoms with Crippen molar-refractivity contribution < 1.29 is 16.8 Å². The minimum atomic E-state index is -3.82. The second-order valence-electron chi connectivity index (χ2n) is 19.9. The van der Waals surface area contributed by atoms with Gasteiger partial charge in [0.05, 0.1) is 53.2 Å². The Hall–Kier alpha value is -8.38. The van der Waals surface area contributed by atoms with Crippen LogP contribution in [-0.2, 0) is 30.5 Å². The maximum Gasteiger partial charge on any atom is 0.208 e. The van der Waals surface area contributed by atoms with Crippen molar-refractivity contribution in [2.45, 2.75) is 50.0 Å². The van der Waals surface area contributed by atoms with Crippen LogP contribution in [0.2, 0.25) is 0 Å². The Morgan fingerprint density at radius 3 is 0.949 bits per heavy atom. The van der Waals surface area contributed by atoms with Gasteiger partial charge in [0.1, 0.15) is 0 Å². The molecule has 11 aromatic carbocycles. The summed E-state index contributed by atoms with van der Waals surface area (Å²) in [4.78, 5) is 8.59. The Labute approximate surface area is 462 Å². The highest BCUT2D eigenvalue weighted by atomic mass is 32.2. The van der Waals surface area contributed by atoms with Crippen LogP contribution in [0.25, 0.3) is 0 Å². The van der Waals surface area contributed by atoms with E-state index in [4.69, 9.17) is 0 Å². The number of fused-ring (bicyclic) bond motifs is 8. The van der Waals surface area contributed by atoms with Crippen molar-refractivity contribution in [1.82, 2.24) is 0 Å². The highest BCUT2D eigenvalue weighted by molar-refractivity contribution is 8.02. The molecule has 0 unspecified atom stereocenters. The van der Waals surface area contributed by atoms with Crippen LogP contribution in [0, 0.1) is 0 Å². The Balaban J connectivity index is 1.10. The lowest BCUT2D eigenvalue weighted by atomic mass is 9.59. The van der Waals surface area contributed by atoms with E-state index in [-0.39, 0.29) is 9.79 Å². The molecule has 0 radical (unpaired) electrons. The Morgan fingerprint density at radius 1 is 0.269 bits per heavy atom. The lowest BCUT2D eigenvalue weighted by Crippen LogP contribution is -2.41. The largest absolute Gasteiger partial charge is 0.310 e. The van der Waals surface area contributed by atoms with Gasteiger partial charge < -0.3 is 9.80 Å². The van der Waals surface area contributed by atoms with Crippen LogP contribution in [0.5, 0.6) is 0 Å². The van der Waals surface area contributed by atoms with Crippen molar-refractivity contribution in [3.8, 4) is 0 Å². The molecule has 6 nitrogen and oxygen atoms in total. The van der Waals surface area contributed by atoms with E-state index < -0.39 is 30.5 Å². The van der Waals surface area contributed by atoms with Gasteiger partial charge in [0.25, 0.3) is 0 Å². The monoisotopic (exact) mass is 1080 g/mol. The van der Waals surface area contributed by atoms with E-state index >= 15 is 0 Å². The molecular weight excluding hydrogens is 1040 g/mol. The number of para-hydroxylation sites is 2. The van der Waals surface area contributed by atoms with Crippen molar-refractivity contribution in [3.05, 3.63) is 311 Å². The Morgan fingerprint density at radius 2 is 0.577 bits per heavy atom. The van der Waals surface area contributed by atoms with Gasteiger partial charge in [-0.2, -0.15) is 0 Å². The molecule has 0 spiro atoms. The zero-order valence-electron chi connectivity index (χ0n) is 41.6. The molecule has 4 aliphatic heterocycles. The van der Waals surface area contributed by atoms with Crippen LogP contribution in [0.3, 0.4) is 0 Å². The first-order chi connectivity index (χ1) is 38.2. The third-order valence-electron chi connectivity index (χ3n) is 16.0. The second kappa shape index (κ2) is 17.6. The first-order valence-corrected chi connectivity index (χ1v) is 30.3. The fourth-order valence-corrected chi connectivity index (χ4v) is 19.2. The van der Waals surface area contributed by atoms with Crippen molar-refractivity contribution in [2.75, 3.05) is 9.80 Å². The molecule has 0 fully saturated rings. The van der Waals surface area contributed by atoms with Gasteiger partial charge in [-0.05, 0) is 129 Å². The molecule has 0 amide bonds. The molecule has 0 N–H and O–H groups in total. The molecule has 0 atom stereocenters. The third kappa shape index (κ3) is 6.58. The minimum absolute atomic E-state index is 0.285. The predicted molar refractivity (Wildman–Crippen MR) is 312 cm³/mol. The van der Waals surface area contributed by atoms with Crippen molar-refractivity contribution >= 4 is 77.3 Å². The molecule has 4 heterocycles. The van der Waals surface area contributed by atoms with Crippen molar-refractivity contribution in [3.63, 3.8) is 0 Å². The topological polar surface area (TPSA) is 74.8 Å². The lowest BCUT2D eigenvalue weighted by molar-refractivity contribution is 0.589. The molecule has 11 aromatic rings. The molecule has 0 aromatic heterocycles. The third-order valence-corrected chi connectivity index (χ3v) is 22.5. The molecule has 15 rings (SSSR count). The highest BCUT2D eigenvalue weighted by Crippen LogP contribution is 2.65. The maximum atomic E-state index is 14.4. The van der Waals surface area contributed by atoms with Gasteiger partial charge in [-0.3, -0.25) is 0 Å². The number of benzene rings is 11. The van der Waals surface area contributed by atoms with Crippen LogP contribution in [0.4, 0.5) is 34.1 Å². The Bertz CT molecular complexity index is 4130. The standard InChI is InChI=1S/C68H44N2O4S4/c71-77(72)63-35-19-17-33-59(63)75-61-41-49(37-39-65(61)77)69-55-31-15-13-29-51(55)67(45-21-5-1-6-22-45,46-23-7-2-8-24-46)53-43-58-54(44-57(53)69)68(47-25-9-3-10-26-47,48-27-11-4-12-28-48)52-30-14-16-32-56(52)70(58)50-38-40-66-62(42-50)76-60-34-18-20-36-64(60)78(66,73)74/h1-44H. The zero-order chi connectivity index (χ0) is 52.4. The molecular formula is C68H44N2O4S4. The summed E-state index contributed by atoms with van der Waals surface area (Å²) in [6.45, 7) is 0. The normalized spacial score (nSPS) is 16.2. The number of hydrogen-bond donors (Lipinski definition) is 0. The van der Waals surface area contributed by atoms with Crippen LogP contribution in [0.1, 0.15) is 44.5 Å². The summed E-state index contributed by atoms with van der Waals surface area (Å²) in [5, 5.41) is 0. The summed E-state index contributed by atoms with van der Waals surface area (Å²) in [6, 6.07) is 91.1. The van der Waals surface area contributed by atoms with E-state index in [0.717, 1.165) is 78.6 Å². The number of anilines is 6. The summed E-state index contributed by atoms with van der Waals surface area (Å²) in [5.74, 6) is 0. The minimum Gasteiger partial charge on any atom is -0.310 e. The molecule has 374 valence electrons. The molecule has 78 heavy (non-hydrogen) atoms. The number of rotatable bonds is 6. The van der Waals surface area contributed by atoms with Gasteiger partial charge in [-0.25, -0.2) is 16.8 Å². The zero-order valence-corrected chi connectivity index (χ0v) is 44.8. The highest BCUT2D eigenvalue weighted by Gasteiger charge is 2.52. The first-order valence-electron chi connectivity index (χ1n) is 25.7. The summed E-state index contributed by atoms with van der Waals surface area (Å²) in [7, 11) is -7.63. The second-order valence-corrected chi connectivity index (χ2v) is 25.9. The van der Waals surface area contributed by atoms with Gasteiger partial charge >= 0.3 is 0 Å². The Kier molecular flexibility index (Phi) is 10.6. The molecule has 0 saturated heterocycles. The summed E-state index contributed by atoms with van der Waals surface area (Å²) < 4.78 is 57.7. The van der Waals surface area contributed by atoms with Crippen LogP contribution in [-0.4, -0.2) is 16.8 Å². The fraction of sp³-hybridized carbons (Fsp3) is 0.0294. The van der Waals surface area contributed by atoms with Gasteiger partial charge in [-0.1, -0.05) is 206 Å².